The van der Waals surface area contributed by atoms with Crippen LogP contribution in [0.1, 0.15) is 31.8 Å². The summed E-state index contributed by atoms with van der Waals surface area (Å²) < 4.78 is 28.8. The number of H-pyrrole nitrogens is 1. The first-order chi connectivity index (χ1) is 17.3. The van der Waals surface area contributed by atoms with Gasteiger partial charge in [-0.05, 0) is 56.6 Å². The fraction of sp³-hybridized carbons (Fsp3) is 0.259. The summed E-state index contributed by atoms with van der Waals surface area (Å²) in [5.41, 5.74) is 3.32. The number of benzene rings is 1. The van der Waals surface area contributed by atoms with Crippen LogP contribution in [0.2, 0.25) is 0 Å². The minimum Gasteiger partial charge on any atom is -0.351 e. The third kappa shape index (κ3) is 5.62. The summed E-state index contributed by atoms with van der Waals surface area (Å²) in [6.45, 7) is 5.30. The predicted octanol–water partition coefficient (Wildman–Crippen LogP) is 6.62. The summed E-state index contributed by atoms with van der Waals surface area (Å²) in [6, 6.07) is 16.9. The van der Waals surface area contributed by atoms with Crippen molar-refractivity contribution in [1.82, 2.24) is 19.9 Å². The first-order valence-corrected chi connectivity index (χ1v) is 14.7. The molecule has 0 saturated carbocycles. The molecule has 10 heteroatoms. The molecule has 1 aromatic carbocycles. The Morgan fingerprint density at radius 1 is 1.03 bits per heavy atom. The third-order valence-electron chi connectivity index (χ3n) is 5.72. The smallest absolute Gasteiger partial charge is 0.274 e. The van der Waals surface area contributed by atoms with Crippen LogP contribution in [0, 0.1) is 0 Å². The maximum absolute atomic E-state index is 13.5. The van der Waals surface area contributed by atoms with Gasteiger partial charge in [-0.3, -0.25) is 14.2 Å². The molecule has 7 nitrogen and oxygen atoms in total. The highest BCUT2D eigenvalue weighted by atomic mass is 32.2. The van der Waals surface area contributed by atoms with Crippen molar-refractivity contribution in [2.75, 3.05) is 11.4 Å². The molecule has 0 spiro atoms. The number of thiazole rings is 1. The van der Waals surface area contributed by atoms with Crippen molar-refractivity contribution >= 4 is 49.3 Å². The van der Waals surface area contributed by atoms with Crippen molar-refractivity contribution in [1.29, 1.82) is 0 Å². The fourth-order valence-corrected chi connectivity index (χ4v) is 7.94. The number of fused-ring (bicyclic) bond motifs is 1. The quantitative estimate of drug-likeness (QED) is 0.222. The normalized spacial score (nSPS) is 11.8. The van der Waals surface area contributed by atoms with Gasteiger partial charge in [0.15, 0.2) is 0 Å². The van der Waals surface area contributed by atoms with Gasteiger partial charge in [0.05, 0.1) is 22.6 Å². The number of nitrogens with zero attached hydrogens (tertiary/aromatic N) is 4. The summed E-state index contributed by atoms with van der Waals surface area (Å²) in [7, 11) is -1.62. The highest BCUT2D eigenvalue weighted by molar-refractivity contribution is 7.94. The lowest BCUT2D eigenvalue weighted by Gasteiger charge is -2.28. The topological polar surface area (TPSA) is 82.2 Å². The molecule has 194 valence electrons. The summed E-state index contributed by atoms with van der Waals surface area (Å²) >= 11 is 2.86. The standard InChI is InChI=1S/C26H27N5O2S3.CH4/c1-18(2)31(36(32,33)24-11-7-13-34-24)23-10-6-8-19-14-22(29-25(19)23)26-28-15-21(35-26)17-30(3)16-20-9-4-5-12-27-20;/h4-15,18,29H,16-17H2,1-3H3;1H4. The molecular weight excluding hydrogens is 523 g/mol. The minimum absolute atomic E-state index is 0. The van der Waals surface area contributed by atoms with Gasteiger partial charge < -0.3 is 4.98 Å². The molecule has 0 fully saturated rings. The molecule has 5 aromatic rings. The highest BCUT2D eigenvalue weighted by Crippen LogP contribution is 2.36. The van der Waals surface area contributed by atoms with E-state index in [4.69, 9.17) is 0 Å². The number of rotatable bonds is 9. The third-order valence-corrected chi connectivity index (χ3v) is 10.1. The molecule has 0 atom stereocenters. The van der Waals surface area contributed by atoms with Gasteiger partial charge in [0.2, 0.25) is 0 Å². The van der Waals surface area contributed by atoms with Gasteiger partial charge in [0.25, 0.3) is 10.0 Å². The molecule has 0 amide bonds. The van der Waals surface area contributed by atoms with E-state index < -0.39 is 10.0 Å². The second-order valence-electron chi connectivity index (χ2n) is 8.88. The van der Waals surface area contributed by atoms with Crippen LogP contribution < -0.4 is 4.31 Å². The van der Waals surface area contributed by atoms with Crippen LogP contribution in [0.25, 0.3) is 21.6 Å². The lowest BCUT2D eigenvalue weighted by molar-refractivity contribution is 0.318. The monoisotopic (exact) mass is 553 g/mol. The van der Waals surface area contributed by atoms with E-state index in [-0.39, 0.29) is 13.5 Å². The maximum atomic E-state index is 13.5. The van der Waals surface area contributed by atoms with Crippen LogP contribution in [0.4, 0.5) is 5.69 Å². The number of anilines is 1. The van der Waals surface area contributed by atoms with Crippen molar-refractivity contribution in [2.45, 2.75) is 44.6 Å². The van der Waals surface area contributed by atoms with Crippen molar-refractivity contribution in [2.24, 2.45) is 0 Å². The summed E-state index contributed by atoms with van der Waals surface area (Å²) in [4.78, 5) is 15.9. The van der Waals surface area contributed by atoms with E-state index in [0.29, 0.717) is 9.90 Å². The predicted molar refractivity (Wildman–Crippen MR) is 155 cm³/mol. The lowest BCUT2D eigenvalue weighted by atomic mass is 10.2. The molecule has 4 aromatic heterocycles. The Hall–Kier alpha value is -3.05. The number of pyridine rings is 1. The number of hydrogen-bond donors (Lipinski definition) is 1. The van der Waals surface area contributed by atoms with Gasteiger partial charge in [0.1, 0.15) is 9.22 Å². The van der Waals surface area contributed by atoms with E-state index >= 15 is 0 Å². The molecule has 4 heterocycles. The first-order valence-electron chi connectivity index (χ1n) is 11.6. The van der Waals surface area contributed by atoms with E-state index in [1.807, 2.05) is 68.7 Å². The van der Waals surface area contributed by atoms with Crippen LogP contribution in [0.3, 0.4) is 0 Å². The molecule has 0 aliphatic carbocycles. The average molecular weight is 554 g/mol. The molecule has 0 unspecified atom stereocenters. The van der Waals surface area contributed by atoms with Crippen molar-refractivity contribution in [3.05, 3.63) is 82.9 Å². The summed E-state index contributed by atoms with van der Waals surface area (Å²) in [6.07, 6.45) is 3.72. The molecule has 0 saturated heterocycles. The van der Waals surface area contributed by atoms with Crippen molar-refractivity contribution < 1.29 is 8.42 Å². The lowest BCUT2D eigenvalue weighted by Crippen LogP contribution is -2.36. The van der Waals surface area contributed by atoms with Gasteiger partial charge >= 0.3 is 0 Å². The number of para-hydroxylation sites is 1. The second-order valence-corrected chi connectivity index (χ2v) is 13.0. The number of aromatic nitrogens is 3. The first kappa shape index (κ1) is 27.0. The Morgan fingerprint density at radius 3 is 2.57 bits per heavy atom. The average Bonchev–Trinajstić information content (AvgIpc) is 3.60. The number of thiophene rings is 1. The minimum atomic E-state index is -3.68. The number of aromatic amines is 1. The Balaban J connectivity index is 0.00000320. The van der Waals surface area contributed by atoms with E-state index in [2.05, 4.69) is 26.9 Å². The van der Waals surface area contributed by atoms with E-state index in [1.165, 1.54) is 15.6 Å². The summed E-state index contributed by atoms with van der Waals surface area (Å²) in [5, 5.41) is 3.60. The Kier molecular flexibility index (Phi) is 8.13. The highest BCUT2D eigenvalue weighted by Gasteiger charge is 2.30. The van der Waals surface area contributed by atoms with Gasteiger partial charge in [-0.2, -0.15) is 0 Å². The second kappa shape index (κ2) is 11.1. The van der Waals surface area contributed by atoms with Gasteiger partial charge in [-0.25, -0.2) is 13.4 Å². The van der Waals surface area contributed by atoms with E-state index in [0.717, 1.165) is 45.3 Å². The van der Waals surface area contributed by atoms with Crippen LogP contribution in [0.5, 0.6) is 0 Å². The number of hydrogen-bond acceptors (Lipinski definition) is 7. The largest absolute Gasteiger partial charge is 0.351 e. The van der Waals surface area contributed by atoms with Crippen LogP contribution in [-0.2, 0) is 23.1 Å². The molecule has 37 heavy (non-hydrogen) atoms. The zero-order valence-corrected chi connectivity index (χ0v) is 22.7. The zero-order valence-electron chi connectivity index (χ0n) is 20.2. The molecule has 1 N–H and O–H groups in total. The van der Waals surface area contributed by atoms with E-state index in [1.54, 1.807) is 28.8 Å². The van der Waals surface area contributed by atoms with Crippen LogP contribution in [-0.4, -0.2) is 41.4 Å². The van der Waals surface area contributed by atoms with Crippen molar-refractivity contribution in [3.63, 3.8) is 0 Å². The van der Waals surface area contributed by atoms with E-state index in [9.17, 15) is 8.42 Å². The zero-order chi connectivity index (χ0) is 25.3. The molecule has 0 aliphatic heterocycles. The fourth-order valence-electron chi connectivity index (χ4n) is 4.23. The van der Waals surface area contributed by atoms with Crippen molar-refractivity contribution in [3.8, 4) is 10.7 Å². The van der Waals surface area contributed by atoms with Gasteiger partial charge in [0, 0.05) is 41.8 Å². The SMILES string of the molecule is C.CC(C)N(c1cccc2cc(-c3ncc(CN(C)Cc4ccccn4)s3)[nH]c12)S(=O)(=O)c1cccs1. The molecule has 0 bridgehead atoms. The maximum Gasteiger partial charge on any atom is 0.274 e. The number of sulfonamides is 1. The Labute approximate surface area is 226 Å². The van der Waals surface area contributed by atoms with Crippen LogP contribution >= 0.6 is 22.7 Å². The molecule has 0 radical (unpaired) electrons. The Morgan fingerprint density at radius 2 is 1.86 bits per heavy atom. The molecule has 0 aliphatic rings. The molecule has 5 rings (SSSR count). The molecular formula is C27H31N5O2S3. The number of nitrogens with one attached hydrogen (secondary N) is 1. The summed E-state index contributed by atoms with van der Waals surface area (Å²) in [5.74, 6) is 0. The van der Waals surface area contributed by atoms with Gasteiger partial charge in [-0.15, -0.1) is 22.7 Å². The Bertz CT molecular complexity index is 1560. The van der Waals surface area contributed by atoms with Gasteiger partial charge in [-0.1, -0.05) is 31.7 Å². The van der Waals surface area contributed by atoms with Crippen LogP contribution in [0.15, 0.2) is 76.6 Å².